The van der Waals surface area contributed by atoms with Gasteiger partial charge in [-0.25, -0.2) is 9.59 Å². The van der Waals surface area contributed by atoms with E-state index in [4.69, 9.17) is 0 Å². The third-order valence-corrected chi connectivity index (χ3v) is 8.29. The molecule has 2 heterocycles. The number of aryl methyl sites for hydroxylation is 1. The van der Waals surface area contributed by atoms with Crippen LogP contribution in [-0.4, -0.2) is 28.7 Å². The lowest BCUT2D eigenvalue weighted by Crippen LogP contribution is -2.33. The van der Waals surface area contributed by atoms with E-state index in [1.54, 1.807) is 49.1 Å². The van der Waals surface area contributed by atoms with Crippen LogP contribution in [0.25, 0.3) is 28.4 Å². The Labute approximate surface area is 224 Å². The van der Waals surface area contributed by atoms with Crippen molar-refractivity contribution >= 4 is 69.2 Å². The molecule has 190 valence electrons. The van der Waals surface area contributed by atoms with Crippen molar-refractivity contribution in [2.75, 3.05) is 11.4 Å². The summed E-state index contributed by atoms with van der Waals surface area (Å²) in [6.07, 6.45) is 9.67. The molecule has 0 unspecified atom stereocenters. The number of carbonyl (C=O) groups is 2. The van der Waals surface area contributed by atoms with Gasteiger partial charge in [0.15, 0.2) is 0 Å². The topological polar surface area (TPSA) is 81.7 Å². The molecule has 0 fully saturated rings. The van der Waals surface area contributed by atoms with Crippen LogP contribution in [0.2, 0.25) is 0 Å². The smallest absolute Gasteiger partial charge is 0.331 e. The summed E-state index contributed by atoms with van der Waals surface area (Å²) in [6.45, 7) is 9.08. The standard InChI is InChI=1S/C29H28N2O4S2/c1-5-30-22-12-10-20(14-18(3)28(32)33)16-24(22)36-26(30)8-7-9-27-31(6-2)23-13-11-21(17-25(23)37-27)15-19(4)29(34)35/h7-17H,5-6H2,1-4H3,(H-,32,33,34,35)/p+1/b18-14-,19-15-. The molecule has 0 bridgehead atoms. The minimum absolute atomic E-state index is 0.307. The zero-order valence-corrected chi connectivity index (χ0v) is 22.8. The van der Waals surface area contributed by atoms with E-state index >= 15 is 0 Å². The van der Waals surface area contributed by atoms with E-state index in [1.807, 2.05) is 36.4 Å². The molecule has 0 radical (unpaired) electrons. The highest BCUT2D eigenvalue weighted by Crippen LogP contribution is 2.46. The second-order valence-electron chi connectivity index (χ2n) is 8.61. The molecule has 2 N–H and O–H groups in total. The molecule has 6 nitrogen and oxygen atoms in total. The van der Waals surface area contributed by atoms with Crippen LogP contribution < -0.4 is 9.47 Å². The summed E-state index contributed by atoms with van der Waals surface area (Å²) in [4.78, 5) is 25.7. The zero-order chi connectivity index (χ0) is 26.7. The molecular formula is C29H29N2O4S2+. The number of hydrogen-bond donors (Lipinski definition) is 2. The quantitative estimate of drug-likeness (QED) is 0.249. The molecule has 0 amide bonds. The Morgan fingerprint density at radius 1 is 0.973 bits per heavy atom. The summed E-state index contributed by atoms with van der Waals surface area (Å²) in [6, 6.07) is 12.1. The van der Waals surface area contributed by atoms with Gasteiger partial charge in [0.1, 0.15) is 11.2 Å². The highest BCUT2D eigenvalue weighted by molar-refractivity contribution is 8.03. The van der Waals surface area contributed by atoms with Crippen LogP contribution in [0.15, 0.2) is 69.6 Å². The highest BCUT2D eigenvalue weighted by atomic mass is 32.2. The fraction of sp³-hybridized carbons (Fsp3) is 0.207. The number of nitrogens with zero attached hydrogens (tertiary/aromatic N) is 2. The number of benzene rings is 2. The molecular weight excluding hydrogens is 504 g/mol. The van der Waals surface area contributed by atoms with Crippen molar-refractivity contribution in [1.82, 2.24) is 0 Å². The molecule has 1 aliphatic rings. The largest absolute Gasteiger partial charge is 0.478 e. The minimum atomic E-state index is -0.914. The van der Waals surface area contributed by atoms with Gasteiger partial charge < -0.3 is 15.1 Å². The van der Waals surface area contributed by atoms with Crippen LogP contribution in [0.4, 0.5) is 5.69 Å². The van der Waals surface area contributed by atoms with E-state index in [0.717, 1.165) is 55.1 Å². The van der Waals surface area contributed by atoms with Crippen molar-refractivity contribution in [3.05, 3.63) is 80.9 Å². The second-order valence-corrected chi connectivity index (χ2v) is 10.7. The number of thiazole rings is 1. The molecule has 37 heavy (non-hydrogen) atoms. The van der Waals surface area contributed by atoms with Crippen LogP contribution in [-0.2, 0) is 16.1 Å². The van der Waals surface area contributed by atoms with Crippen molar-refractivity contribution < 1.29 is 24.4 Å². The summed E-state index contributed by atoms with van der Waals surface area (Å²) in [5.74, 6) is -1.83. The fourth-order valence-corrected chi connectivity index (χ4v) is 6.53. The predicted octanol–water partition coefficient (Wildman–Crippen LogP) is 6.67. The molecule has 0 aliphatic carbocycles. The van der Waals surface area contributed by atoms with Gasteiger partial charge in [0, 0.05) is 34.7 Å². The first-order valence-electron chi connectivity index (χ1n) is 12.0. The Hall–Kier alpha value is -3.62. The number of carboxylic acid groups (broad SMARTS) is 2. The number of carboxylic acids is 2. The predicted molar refractivity (Wildman–Crippen MR) is 153 cm³/mol. The molecule has 8 heteroatoms. The summed E-state index contributed by atoms with van der Waals surface area (Å²) >= 11 is 3.36. The molecule has 3 aromatic rings. The summed E-state index contributed by atoms with van der Waals surface area (Å²) in [7, 11) is 0. The van der Waals surface area contributed by atoms with E-state index in [9.17, 15) is 19.8 Å². The van der Waals surface area contributed by atoms with Gasteiger partial charge in [-0.3, -0.25) is 0 Å². The number of rotatable bonds is 8. The maximum Gasteiger partial charge on any atom is 0.331 e. The van der Waals surface area contributed by atoms with E-state index in [0.29, 0.717) is 11.1 Å². The summed E-state index contributed by atoms with van der Waals surface area (Å²) in [5, 5.41) is 20.6. The lowest BCUT2D eigenvalue weighted by molar-refractivity contribution is -0.665. The van der Waals surface area contributed by atoms with E-state index in [-0.39, 0.29) is 0 Å². The summed E-state index contributed by atoms with van der Waals surface area (Å²) in [5.41, 5.74) is 4.62. The molecule has 0 saturated heterocycles. The highest BCUT2D eigenvalue weighted by Gasteiger charge is 2.24. The SMILES string of the molecule is CCN1/C(=C/C=C/c2sc3cc(/C=C(/C)C(=O)O)ccc3[n+]2CC)Sc2cc(/C=C(/C)C(=O)O)ccc21. The van der Waals surface area contributed by atoms with Crippen LogP contribution >= 0.6 is 23.1 Å². The van der Waals surface area contributed by atoms with Crippen molar-refractivity contribution in [2.45, 2.75) is 39.1 Å². The van der Waals surface area contributed by atoms with Gasteiger partial charge >= 0.3 is 11.9 Å². The van der Waals surface area contributed by atoms with Crippen LogP contribution in [0, 0.1) is 0 Å². The van der Waals surface area contributed by atoms with Gasteiger partial charge in [0.2, 0.25) is 5.52 Å². The Bertz CT molecular complexity index is 1510. The van der Waals surface area contributed by atoms with Crippen molar-refractivity contribution in [3.63, 3.8) is 0 Å². The van der Waals surface area contributed by atoms with Crippen molar-refractivity contribution in [3.8, 4) is 0 Å². The van der Waals surface area contributed by atoms with Gasteiger partial charge in [-0.05, 0) is 81.3 Å². The Kier molecular flexibility index (Phi) is 8.00. The van der Waals surface area contributed by atoms with Crippen LogP contribution in [0.5, 0.6) is 0 Å². The van der Waals surface area contributed by atoms with Crippen LogP contribution in [0.3, 0.4) is 0 Å². The first-order chi connectivity index (χ1) is 17.7. The number of hydrogen-bond acceptors (Lipinski definition) is 5. The lowest BCUT2D eigenvalue weighted by Gasteiger charge is -2.17. The average molecular weight is 534 g/mol. The van der Waals surface area contributed by atoms with Crippen molar-refractivity contribution in [2.24, 2.45) is 0 Å². The van der Waals surface area contributed by atoms with E-state index < -0.39 is 11.9 Å². The van der Waals surface area contributed by atoms with Crippen LogP contribution in [0.1, 0.15) is 43.8 Å². The molecule has 0 atom stereocenters. The monoisotopic (exact) mass is 533 g/mol. The first kappa shape index (κ1) is 26.4. The minimum Gasteiger partial charge on any atom is -0.478 e. The Morgan fingerprint density at radius 3 is 2.24 bits per heavy atom. The fourth-order valence-electron chi connectivity index (χ4n) is 4.16. The Balaban J connectivity index is 1.61. The lowest BCUT2D eigenvalue weighted by atomic mass is 10.1. The number of aromatic nitrogens is 1. The molecule has 0 spiro atoms. The zero-order valence-electron chi connectivity index (χ0n) is 21.2. The van der Waals surface area contributed by atoms with Gasteiger partial charge in [0.25, 0.3) is 5.01 Å². The first-order valence-corrected chi connectivity index (χ1v) is 13.6. The third kappa shape index (κ3) is 5.70. The number of anilines is 1. The number of allylic oxidation sites excluding steroid dienone is 2. The average Bonchev–Trinajstić information content (AvgIpc) is 3.39. The third-order valence-electron chi connectivity index (χ3n) is 6.06. The van der Waals surface area contributed by atoms with Gasteiger partial charge in [-0.2, -0.15) is 4.57 Å². The number of fused-ring (bicyclic) bond motifs is 2. The van der Waals surface area contributed by atoms with Gasteiger partial charge in [-0.15, -0.1) is 0 Å². The van der Waals surface area contributed by atoms with Gasteiger partial charge in [-0.1, -0.05) is 35.2 Å². The maximum absolute atomic E-state index is 11.2. The molecule has 4 rings (SSSR count). The number of aliphatic carboxylic acids is 2. The molecule has 1 aliphatic heterocycles. The number of thioether (sulfide) groups is 1. The molecule has 1 aromatic heterocycles. The maximum atomic E-state index is 11.2. The summed E-state index contributed by atoms with van der Waals surface area (Å²) < 4.78 is 3.36. The molecule has 2 aromatic carbocycles. The Morgan fingerprint density at radius 2 is 1.62 bits per heavy atom. The second kappa shape index (κ2) is 11.2. The van der Waals surface area contributed by atoms with Crippen molar-refractivity contribution in [1.29, 1.82) is 0 Å². The normalized spacial score (nSPS) is 15.2. The van der Waals surface area contributed by atoms with Gasteiger partial charge in [0.05, 0.1) is 10.7 Å². The molecule has 0 saturated carbocycles. The van der Waals surface area contributed by atoms with E-state index in [1.165, 1.54) is 0 Å². The van der Waals surface area contributed by atoms with E-state index in [2.05, 4.69) is 41.5 Å².